The molecular formula is C20H15FN6. The third kappa shape index (κ3) is 2.36. The van der Waals surface area contributed by atoms with Crippen LogP contribution in [-0.2, 0) is 7.05 Å². The highest BCUT2D eigenvalue weighted by Crippen LogP contribution is 2.34. The van der Waals surface area contributed by atoms with Crippen LogP contribution in [0.15, 0.2) is 61.2 Å². The van der Waals surface area contributed by atoms with Crippen molar-refractivity contribution in [1.82, 2.24) is 23.9 Å². The van der Waals surface area contributed by atoms with Crippen LogP contribution in [0.3, 0.4) is 0 Å². The standard InChI is InChI=1S/C20H15FN6/c1-26-11-24-15-7-4-13(10-16(15)26)18-17(12-2-5-14(21)6-3-12)25-19(22)20-23-8-9-27(18)20/h2-11H,1H3,(H2,22,25). The zero-order valence-corrected chi connectivity index (χ0v) is 14.5. The summed E-state index contributed by atoms with van der Waals surface area (Å²) >= 11 is 0. The number of fused-ring (bicyclic) bond motifs is 2. The lowest BCUT2D eigenvalue weighted by Crippen LogP contribution is -2.03. The van der Waals surface area contributed by atoms with Gasteiger partial charge in [-0.25, -0.2) is 19.3 Å². The normalized spacial score (nSPS) is 11.5. The van der Waals surface area contributed by atoms with Gasteiger partial charge in [0, 0.05) is 30.6 Å². The number of rotatable bonds is 2. The third-order valence-electron chi connectivity index (χ3n) is 4.68. The first-order chi connectivity index (χ1) is 13.1. The lowest BCUT2D eigenvalue weighted by atomic mass is 10.0. The highest BCUT2D eigenvalue weighted by molar-refractivity contribution is 5.88. The molecule has 0 aliphatic carbocycles. The van der Waals surface area contributed by atoms with E-state index in [1.807, 2.05) is 34.3 Å². The summed E-state index contributed by atoms with van der Waals surface area (Å²) in [6.07, 6.45) is 5.32. The third-order valence-corrected chi connectivity index (χ3v) is 4.68. The summed E-state index contributed by atoms with van der Waals surface area (Å²) < 4.78 is 17.3. The molecule has 5 aromatic rings. The highest BCUT2D eigenvalue weighted by atomic mass is 19.1. The van der Waals surface area contributed by atoms with E-state index in [1.54, 1.807) is 24.7 Å². The molecule has 0 fully saturated rings. The monoisotopic (exact) mass is 358 g/mol. The van der Waals surface area contributed by atoms with Crippen LogP contribution in [0.5, 0.6) is 0 Å². The van der Waals surface area contributed by atoms with Gasteiger partial charge in [-0.2, -0.15) is 0 Å². The van der Waals surface area contributed by atoms with E-state index >= 15 is 0 Å². The molecule has 0 aliphatic heterocycles. The Morgan fingerprint density at radius 1 is 1.00 bits per heavy atom. The smallest absolute Gasteiger partial charge is 0.180 e. The number of nitrogens with two attached hydrogens (primary N) is 1. The van der Waals surface area contributed by atoms with Crippen molar-refractivity contribution in [3.05, 3.63) is 67.0 Å². The minimum atomic E-state index is -0.298. The summed E-state index contributed by atoms with van der Waals surface area (Å²) in [4.78, 5) is 13.3. The van der Waals surface area contributed by atoms with E-state index in [2.05, 4.69) is 21.0 Å². The first kappa shape index (κ1) is 15.5. The van der Waals surface area contributed by atoms with Gasteiger partial charge in [0.1, 0.15) is 5.82 Å². The Balaban J connectivity index is 1.87. The minimum Gasteiger partial charge on any atom is -0.381 e. The fraction of sp³-hybridized carbons (Fsp3) is 0.0500. The Labute approximate surface area is 153 Å². The van der Waals surface area contributed by atoms with E-state index in [4.69, 9.17) is 5.73 Å². The van der Waals surface area contributed by atoms with E-state index < -0.39 is 0 Å². The summed E-state index contributed by atoms with van der Waals surface area (Å²) in [5.74, 6) is 0.0259. The van der Waals surface area contributed by atoms with Gasteiger partial charge in [0.15, 0.2) is 11.5 Å². The van der Waals surface area contributed by atoms with Crippen molar-refractivity contribution >= 4 is 22.5 Å². The Bertz CT molecular complexity index is 1300. The molecule has 5 rings (SSSR count). The van der Waals surface area contributed by atoms with Gasteiger partial charge < -0.3 is 10.3 Å². The molecule has 2 N–H and O–H groups in total. The first-order valence-corrected chi connectivity index (χ1v) is 8.42. The van der Waals surface area contributed by atoms with E-state index in [9.17, 15) is 4.39 Å². The Hall–Kier alpha value is -3.74. The molecule has 7 heteroatoms. The maximum atomic E-state index is 13.4. The number of anilines is 1. The van der Waals surface area contributed by atoms with Gasteiger partial charge >= 0.3 is 0 Å². The maximum Gasteiger partial charge on any atom is 0.180 e. The summed E-state index contributed by atoms with van der Waals surface area (Å²) in [6, 6.07) is 12.3. The summed E-state index contributed by atoms with van der Waals surface area (Å²) in [6.45, 7) is 0. The van der Waals surface area contributed by atoms with Crippen molar-refractivity contribution in [1.29, 1.82) is 0 Å². The largest absolute Gasteiger partial charge is 0.381 e. The number of aryl methyl sites for hydroxylation is 1. The van der Waals surface area contributed by atoms with Crippen LogP contribution in [0.1, 0.15) is 0 Å². The summed E-state index contributed by atoms with van der Waals surface area (Å²) in [5, 5.41) is 0. The molecule has 3 aromatic heterocycles. The second-order valence-corrected chi connectivity index (χ2v) is 6.38. The Morgan fingerprint density at radius 2 is 1.78 bits per heavy atom. The van der Waals surface area contributed by atoms with Crippen molar-refractivity contribution in [2.75, 3.05) is 5.73 Å². The fourth-order valence-electron chi connectivity index (χ4n) is 3.37. The average Bonchev–Trinajstić information content (AvgIpc) is 3.30. The average molecular weight is 358 g/mol. The van der Waals surface area contributed by atoms with Crippen LogP contribution in [0.2, 0.25) is 0 Å². The van der Waals surface area contributed by atoms with Gasteiger partial charge in [-0.1, -0.05) is 6.07 Å². The van der Waals surface area contributed by atoms with Crippen LogP contribution >= 0.6 is 0 Å². The Morgan fingerprint density at radius 3 is 2.59 bits per heavy atom. The highest BCUT2D eigenvalue weighted by Gasteiger charge is 2.17. The lowest BCUT2D eigenvalue weighted by molar-refractivity contribution is 0.628. The van der Waals surface area contributed by atoms with Gasteiger partial charge in [-0.05, 0) is 36.4 Å². The van der Waals surface area contributed by atoms with Crippen molar-refractivity contribution in [3.8, 4) is 22.5 Å². The molecule has 0 spiro atoms. The number of imidazole rings is 2. The van der Waals surface area contributed by atoms with Crippen molar-refractivity contribution in [3.63, 3.8) is 0 Å². The number of benzene rings is 2. The second-order valence-electron chi connectivity index (χ2n) is 6.38. The number of hydrogen-bond donors (Lipinski definition) is 1. The number of aromatic nitrogens is 5. The van der Waals surface area contributed by atoms with E-state index in [-0.39, 0.29) is 5.82 Å². The van der Waals surface area contributed by atoms with E-state index in [0.717, 1.165) is 27.9 Å². The Kier molecular flexibility index (Phi) is 3.24. The second kappa shape index (κ2) is 5.63. The molecule has 0 bridgehead atoms. The van der Waals surface area contributed by atoms with E-state index in [1.165, 1.54) is 12.1 Å². The van der Waals surface area contributed by atoms with Crippen molar-refractivity contribution in [2.24, 2.45) is 7.05 Å². The van der Waals surface area contributed by atoms with Gasteiger partial charge in [-0.15, -0.1) is 0 Å². The van der Waals surface area contributed by atoms with Crippen LogP contribution < -0.4 is 5.73 Å². The minimum absolute atomic E-state index is 0.298. The lowest BCUT2D eigenvalue weighted by Gasteiger charge is -2.14. The van der Waals surface area contributed by atoms with Crippen LogP contribution in [-0.4, -0.2) is 23.9 Å². The number of halogens is 1. The molecule has 6 nitrogen and oxygen atoms in total. The zero-order chi connectivity index (χ0) is 18.5. The molecule has 27 heavy (non-hydrogen) atoms. The fourth-order valence-corrected chi connectivity index (χ4v) is 3.37. The molecule has 0 saturated carbocycles. The zero-order valence-electron chi connectivity index (χ0n) is 14.5. The summed E-state index contributed by atoms with van der Waals surface area (Å²) in [7, 11) is 1.95. The molecule has 0 aliphatic rings. The summed E-state index contributed by atoms with van der Waals surface area (Å²) in [5.41, 5.74) is 11.9. The predicted molar refractivity (Wildman–Crippen MR) is 103 cm³/mol. The predicted octanol–water partition coefficient (Wildman–Crippen LogP) is 3.67. The van der Waals surface area contributed by atoms with Gasteiger partial charge in [0.05, 0.1) is 28.7 Å². The molecule has 0 atom stereocenters. The molecule has 2 aromatic carbocycles. The molecule has 3 heterocycles. The van der Waals surface area contributed by atoms with Crippen LogP contribution in [0.25, 0.3) is 39.2 Å². The van der Waals surface area contributed by atoms with Gasteiger partial charge in [0.2, 0.25) is 0 Å². The molecule has 0 radical (unpaired) electrons. The molecule has 132 valence electrons. The van der Waals surface area contributed by atoms with Crippen molar-refractivity contribution < 1.29 is 4.39 Å². The quantitative estimate of drug-likeness (QED) is 0.522. The molecular weight excluding hydrogens is 343 g/mol. The molecule has 0 saturated heterocycles. The SMILES string of the molecule is Cn1cnc2ccc(-c3c(-c4ccc(F)cc4)nc(N)c4nccn34)cc21. The number of nitrogen functional groups attached to an aromatic ring is 1. The topological polar surface area (TPSA) is 74.0 Å². The number of hydrogen-bond acceptors (Lipinski definition) is 4. The van der Waals surface area contributed by atoms with E-state index in [0.29, 0.717) is 17.2 Å². The van der Waals surface area contributed by atoms with Gasteiger partial charge in [-0.3, -0.25) is 4.40 Å². The van der Waals surface area contributed by atoms with Gasteiger partial charge in [0.25, 0.3) is 0 Å². The van der Waals surface area contributed by atoms with Crippen LogP contribution in [0.4, 0.5) is 10.2 Å². The molecule has 0 unspecified atom stereocenters. The van der Waals surface area contributed by atoms with Crippen molar-refractivity contribution in [2.45, 2.75) is 0 Å². The maximum absolute atomic E-state index is 13.4. The molecule has 0 amide bonds. The number of nitrogens with zero attached hydrogens (tertiary/aromatic N) is 5. The first-order valence-electron chi connectivity index (χ1n) is 8.42. The van der Waals surface area contributed by atoms with Crippen LogP contribution in [0, 0.1) is 5.82 Å².